The lowest BCUT2D eigenvalue weighted by Crippen LogP contribution is -2.38. The maximum atomic E-state index is 13.5. The maximum absolute atomic E-state index is 13.5. The lowest BCUT2D eigenvalue weighted by Gasteiger charge is -2.30. The molecular formula is C29H34N6O3. The van der Waals surface area contributed by atoms with Gasteiger partial charge >= 0.3 is 0 Å². The number of hydrogen-bond donors (Lipinski definition) is 0. The number of piperidine rings is 1. The number of aromatic nitrogens is 5. The summed E-state index contributed by atoms with van der Waals surface area (Å²) in [6.45, 7) is 8.94. The molecule has 6 rings (SSSR count). The van der Waals surface area contributed by atoms with Crippen molar-refractivity contribution in [2.24, 2.45) is 0 Å². The average Bonchev–Trinajstić information content (AvgIpc) is 3.60. The van der Waals surface area contributed by atoms with E-state index < -0.39 is 0 Å². The summed E-state index contributed by atoms with van der Waals surface area (Å²) in [6, 6.07) is 8.56. The van der Waals surface area contributed by atoms with Crippen LogP contribution in [0.5, 0.6) is 0 Å². The van der Waals surface area contributed by atoms with Gasteiger partial charge in [-0.25, -0.2) is 9.50 Å². The summed E-state index contributed by atoms with van der Waals surface area (Å²) in [4.78, 5) is 25.0. The summed E-state index contributed by atoms with van der Waals surface area (Å²) in [7, 11) is 0. The molecule has 0 spiro atoms. The smallest absolute Gasteiger partial charge is 0.259 e. The van der Waals surface area contributed by atoms with Crippen LogP contribution in [0, 0.1) is 20.8 Å². The van der Waals surface area contributed by atoms with Gasteiger partial charge in [0.15, 0.2) is 11.5 Å². The quantitative estimate of drug-likeness (QED) is 0.385. The molecule has 0 aliphatic carbocycles. The highest BCUT2D eigenvalue weighted by Gasteiger charge is 2.31. The Morgan fingerprint density at radius 1 is 0.974 bits per heavy atom. The van der Waals surface area contributed by atoms with Crippen molar-refractivity contribution in [3.63, 3.8) is 0 Å². The predicted molar refractivity (Wildman–Crippen MR) is 141 cm³/mol. The Hall–Kier alpha value is -3.59. The van der Waals surface area contributed by atoms with Gasteiger partial charge in [0.1, 0.15) is 5.56 Å². The van der Waals surface area contributed by atoms with Crippen LogP contribution in [0.25, 0.3) is 5.65 Å². The number of likely N-dealkylation sites (tertiary alicyclic amines) is 1. The minimum absolute atomic E-state index is 0.0236. The van der Waals surface area contributed by atoms with Crippen molar-refractivity contribution in [1.82, 2.24) is 29.6 Å². The van der Waals surface area contributed by atoms with Crippen molar-refractivity contribution in [2.45, 2.75) is 64.7 Å². The summed E-state index contributed by atoms with van der Waals surface area (Å²) in [5.74, 6) is 1.96. The Morgan fingerprint density at radius 2 is 1.71 bits per heavy atom. The van der Waals surface area contributed by atoms with Gasteiger partial charge in [-0.1, -0.05) is 35.0 Å². The van der Waals surface area contributed by atoms with Crippen molar-refractivity contribution < 1.29 is 14.1 Å². The van der Waals surface area contributed by atoms with E-state index in [0.29, 0.717) is 36.1 Å². The minimum Gasteiger partial charge on any atom is -0.381 e. The van der Waals surface area contributed by atoms with Crippen molar-refractivity contribution >= 4 is 11.6 Å². The van der Waals surface area contributed by atoms with E-state index in [-0.39, 0.29) is 11.8 Å². The van der Waals surface area contributed by atoms with Crippen LogP contribution in [0.2, 0.25) is 0 Å². The molecule has 1 amide bonds. The minimum atomic E-state index is -0.0236. The predicted octanol–water partition coefficient (Wildman–Crippen LogP) is 4.54. The molecule has 9 nitrogen and oxygen atoms in total. The van der Waals surface area contributed by atoms with Gasteiger partial charge < -0.3 is 14.2 Å². The fraction of sp³-hybridized carbons (Fsp3) is 0.483. The SMILES string of the molecule is Cc1ccc(Cc2c(C)nc3c(C(=O)N4CCC(c5nc(C6CCOCC6)no5)CC4)cnn3c2C)cc1. The zero-order valence-electron chi connectivity index (χ0n) is 22.3. The first-order valence-electron chi connectivity index (χ1n) is 13.6. The molecular weight excluding hydrogens is 480 g/mol. The van der Waals surface area contributed by atoms with Crippen molar-refractivity contribution in [3.8, 4) is 0 Å². The van der Waals surface area contributed by atoms with E-state index in [2.05, 4.69) is 48.4 Å². The van der Waals surface area contributed by atoms with Crippen LogP contribution in [-0.2, 0) is 11.2 Å². The highest BCUT2D eigenvalue weighted by atomic mass is 16.5. The first-order valence-corrected chi connectivity index (χ1v) is 13.6. The zero-order valence-corrected chi connectivity index (χ0v) is 22.3. The van der Waals surface area contributed by atoms with E-state index >= 15 is 0 Å². The van der Waals surface area contributed by atoms with E-state index in [1.54, 1.807) is 6.20 Å². The van der Waals surface area contributed by atoms with Crippen LogP contribution in [0.1, 0.15) is 87.7 Å². The summed E-state index contributed by atoms with van der Waals surface area (Å²) < 4.78 is 12.9. The van der Waals surface area contributed by atoms with Gasteiger partial charge in [-0.2, -0.15) is 10.1 Å². The third kappa shape index (κ3) is 4.71. The molecule has 3 aromatic heterocycles. The van der Waals surface area contributed by atoms with Gasteiger partial charge in [0.25, 0.3) is 5.91 Å². The maximum Gasteiger partial charge on any atom is 0.259 e. The Bertz CT molecular complexity index is 1440. The van der Waals surface area contributed by atoms with Crippen molar-refractivity contribution in [3.05, 3.63) is 75.8 Å². The molecule has 5 heterocycles. The van der Waals surface area contributed by atoms with Gasteiger partial charge in [0.2, 0.25) is 5.89 Å². The lowest BCUT2D eigenvalue weighted by atomic mass is 9.96. The van der Waals surface area contributed by atoms with Crippen LogP contribution < -0.4 is 0 Å². The number of hydrogen-bond acceptors (Lipinski definition) is 7. The summed E-state index contributed by atoms with van der Waals surface area (Å²) >= 11 is 0. The number of amides is 1. The second-order valence-corrected chi connectivity index (χ2v) is 10.7. The molecule has 198 valence electrons. The Kier molecular flexibility index (Phi) is 6.69. The fourth-order valence-electron chi connectivity index (χ4n) is 5.66. The van der Waals surface area contributed by atoms with Gasteiger partial charge in [-0.05, 0) is 57.6 Å². The van der Waals surface area contributed by atoms with E-state index in [9.17, 15) is 4.79 Å². The summed E-state index contributed by atoms with van der Waals surface area (Å²) in [6.07, 6.45) is 5.91. The Labute approximate surface area is 222 Å². The van der Waals surface area contributed by atoms with E-state index in [0.717, 1.165) is 68.1 Å². The average molecular weight is 515 g/mol. The number of nitrogens with zero attached hydrogens (tertiary/aromatic N) is 6. The van der Waals surface area contributed by atoms with Crippen LogP contribution in [-0.4, -0.2) is 61.8 Å². The number of rotatable bonds is 5. The third-order valence-electron chi connectivity index (χ3n) is 8.12. The van der Waals surface area contributed by atoms with Gasteiger partial charge in [-0.15, -0.1) is 0 Å². The highest BCUT2D eigenvalue weighted by molar-refractivity contribution is 5.99. The fourth-order valence-corrected chi connectivity index (χ4v) is 5.66. The Morgan fingerprint density at radius 3 is 2.45 bits per heavy atom. The van der Waals surface area contributed by atoms with Crippen molar-refractivity contribution in [2.75, 3.05) is 26.3 Å². The number of carbonyl (C=O) groups excluding carboxylic acids is 1. The van der Waals surface area contributed by atoms with Gasteiger partial charge in [0, 0.05) is 55.9 Å². The number of aryl methyl sites for hydroxylation is 3. The van der Waals surface area contributed by atoms with E-state index in [1.807, 2.05) is 16.3 Å². The standard InChI is InChI=1S/C29H34N6O3/c1-18-4-6-21(7-5-18)16-24-19(2)31-27-25(17-30-35(27)20(24)3)29(36)34-12-8-23(9-13-34)28-32-26(33-38-28)22-10-14-37-15-11-22/h4-7,17,22-23H,8-16H2,1-3H3. The number of fused-ring (bicyclic) bond motifs is 1. The molecule has 4 aromatic rings. The second kappa shape index (κ2) is 10.3. The summed E-state index contributed by atoms with van der Waals surface area (Å²) in [5, 5.41) is 8.82. The topological polar surface area (TPSA) is 98.7 Å². The molecule has 0 radical (unpaired) electrons. The second-order valence-electron chi connectivity index (χ2n) is 10.7. The first kappa shape index (κ1) is 24.7. The molecule has 2 aliphatic rings. The van der Waals surface area contributed by atoms with Crippen molar-refractivity contribution in [1.29, 1.82) is 0 Å². The molecule has 0 atom stereocenters. The molecule has 0 bridgehead atoms. The van der Waals surface area contributed by atoms with Crippen LogP contribution >= 0.6 is 0 Å². The molecule has 0 unspecified atom stereocenters. The monoisotopic (exact) mass is 514 g/mol. The highest BCUT2D eigenvalue weighted by Crippen LogP contribution is 2.31. The lowest BCUT2D eigenvalue weighted by molar-refractivity contribution is 0.0706. The largest absolute Gasteiger partial charge is 0.381 e. The molecule has 9 heteroatoms. The normalized spacial score (nSPS) is 17.4. The molecule has 2 fully saturated rings. The van der Waals surface area contributed by atoms with Crippen LogP contribution in [0.4, 0.5) is 0 Å². The van der Waals surface area contributed by atoms with Gasteiger partial charge in [0.05, 0.1) is 6.20 Å². The van der Waals surface area contributed by atoms with E-state index in [4.69, 9.17) is 19.2 Å². The third-order valence-corrected chi connectivity index (χ3v) is 8.12. The molecule has 2 aliphatic heterocycles. The number of benzene rings is 1. The summed E-state index contributed by atoms with van der Waals surface area (Å²) in [5.41, 5.74) is 6.74. The number of ether oxygens (including phenoxy) is 1. The molecule has 0 N–H and O–H groups in total. The molecule has 0 saturated carbocycles. The van der Waals surface area contributed by atoms with E-state index in [1.165, 1.54) is 11.1 Å². The number of carbonyl (C=O) groups is 1. The van der Waals surface area contributed by atoms with Gasteiger partial charge in [-0.3, -0.25) is 4.79 Å². The Balaban J connectivity index is 1.15. The van der Waals surface area contributed by atoms with Crippen LogP contribution in [0.15, 0.2) is 35.0 Å². The molecule has 38 heavy (non-hydrogen) atoms. The first-order chi connectivity index (χ1) is 18.5. The molecule has 1 aromatic carbocycles. The molecule has 2 saturated heterocycles. The zero-order chi connectivity index (χ0) is 26.2. The van der Waals surface area contributed by atoms with Crippen LogP contribution in [0.3, 0.4) is 0 Å².